The van der Waals surface area contributed by atoms with E-state index in [0.717, 1.165) is 0 Å². The smallest absolute Gasteiger partial charge is 0.292 e. The zero-order chi connectivity index (χ0) is 13.5. The lowest BCUT2D eigenvalue weighted by atomic mass is 10.1. The molecule has 0 radical (unpaired) electrons. The minimum absolute atomic E-state index is 0.00945. The largest absolute Gasteiger partial charge is 0.396 e. The van der Waals surface area contributed by atoms with Gasteiger partial charge in [-0.2, -0.15) is 5.26 Å². The average Bonchev–Trinajstić information content (AvgIpc) is 2.35. The topological polar surface area (TPSA) is 99.2 Å². The van der Waals surface area contributed by atoms with Gasteiger partial charge in [0, 0.05) is 18.7 Å². The Morgan fingerprint density at radius 2 is 2.33 bits per heavy atom. The van der Waals surface area contributed by atoms with Gasteiger partial charge < -0.3 is 10.4 Å². The number of hydrogen-bond acceptors (Lipinski definition) is 5. The van der Waals surface area contributed by atoms with Crippen molar-refractivity contribution in [2.24, 2.45) is 0 Å². The molecule has 0 fully saturated rings. The molecule has 6 heteroatoms. The van der Waals surface area contributed by atoms with Crippen LogP contribution in [-0.4, -0.2) is 22.7 Å². The summed E-state index contributed by atoms with van der Waals surface area (Å²) >= 11 is 0. The maximum absolute atomic E-state index is 10.9. The number of nitriles is 1. The maximum atomic E-state index is 10.9. The van der Waals surface area contributed by atoms with Crippen molar-refractivity contribution >= 4 is 11.4 Å². The van der Waals surface area contributed by atoms with Crippen LogP contribution in [0.25, 0.3) is 0 Å². The summed E-state index contributed by atoms with van der Waals surface area (Å²) in [4.78, 5) is 10.4. The molecule has 0 spiro atoms. The normalized spacial score (nSPS) is 11.6. The van der Waals surface area contributed by atoms with Crippen molar-refractivity contribution in [2.75, 3.05) is 11.9 Å². The molecule has 1 aromatic carbocycles. The fraction of sp³-hybridized carbons (Fsp3) is 0.417. The Hall–Kier alpha value is -2.13. The van der Waals surface area contributed by atoms with Crippen LogP contribution in [0, 0.1) is 21.4 Å². The quantitative estimate of drug-likeness (QED) is 0.593. The first-order chi connectivity index (χ1) is 8.58. The highest BCUT2D eigenvalue weighted by Gasteiger charge is 2.15. The van der Waals surface area contributed by atoms with Gasteiger partial charge in [-0.05, 0) is 31.9 Å². The monoisotopic (exact) mass is 249 g/mol. The summed E-state index contributed by atoms with van der Waals surface area (Å²) in [5.41, 5.74) is 0.659. The molecule has 1 aromatic rings. The lowest BCUT2D eigenvalue weighted by molar-refractivity contribution is -0.384. The molecule has 0 heterocycles. The van der Waals surface area contributed by atoms with Gasteiger partial charge in [-0.3, -0.25) is 10.1 Å². The van der Waals surface area contributed by atoms with E-state index in [1.807, 2.05) is 13.0 Å². The molecular weight excluding hydrogens is 234 g/mol. The van der Waals surface area contributed by atoms with Gasteiger partial charge in [0.25, 0.3) is 5.69 Å². The summed E-state index contributed by atoms with van der Waals surface area (Å²) in [7, 11) is 0. The van der Waals surface area contributed by atoms with E-state index in [2.05, 4.69) is 5.32 Å². The first kappa shape index (κ1) is 13.9. The second-order valence-electron chi connectivity index (χ2n) is 4.01. The molecule has 0 saturated heterocycles. The molecule has 1 atom stereocenters. The Bertz CT molecular complexity index is 468. The number of aliphatic hydroxyl groups is 1. The van der Waals surface area contributed by atoms with Crippen LogP contribution in [0.3, 0.4) is 0 Å². The predicted molar refractivity (Wildman–Crippen MR) is 67.2 cm³/mol. The van der Waals surface area contributed by atoms with E-state index in [0.29, 0.717) is 24.1 Å². The molecule has 0 saturated carbocycles. The van der Waals surface area contributed by atoms with Gasteiger partial charge in [0.05, 0.1) is 16.6 Å². The maximum Gasteiger partial charge on any atom is 0.292 e. The van der Waals surface area contributed by atoms with Crippen LogP contribution in [0.5, 0.6) is 0 Å². The molecule has 1 rings (SSSR count). The van der Waals surface area contributed by atoms with Gasteiger partial charge >= 0.3 is 0 Å². The molecule has 0 amide bonds. The number of nitrogens with one attached hydrogen (secondary N) is 1. The first-order valence-electron chi connectivity index (χ1n) is 5.64. The number of nitrogens with zero attached hydrogens (tertiary/aromatic N) is 2. The number of anilines is 1. The Labute approximate surface area is 105 Å². The molecule has 0 bridgehead atoms. The Balaban J connectivity index is 2.91. The lowest BCUT2D eigenvalue weighted by Gasteiger charge is -2.14. The summed E-state index contributed by atoms with van der Waals surface area (Å²) in [6.07, 6.45) is 1.32. The number of aliphatic hydroxyl groups excluding tert-OH is 1. The van der Waals surface area contributed by atoms with Crippen molar-refractivity contribution in [3.8, 4) is 6.07 Å². The van der Waals surface area contributed by atoms with E-state index in [4.69, 9.17) is 10.4 Å². The Kier molecular flexibility index (Phi) is 5.08. The summed E-state index contributed by atoms with van der Waals surface area (Å²) in [6.45, 7) is 1.96. The number of nitro groups is 1. The molecule has 96 valence electrons. The molecule has 1 unspecified atom stereocenters. The number of hydrogen-bond donors (Lipinski definition) is 2. The van der Waals surface area contributed by atoms with E-state index < -0.39 is 4.92 Å². The third kappa shape index (κ3) is 3.71. The highest BCUT2D eigenvalue weighted by Crippen LogP contribution is 2.26. The molecular formula is C12H15N3O3. The van der Waals surface area contributed by atoms with Crippen molar-refractivity contribution in [2.45, 2.75) is 25.8 Å². The molecule has 2 N–H and O–H groups in total. The minimum atomic E-state index is -0.484. The van der Waals surface area contributed by atoms with Crippen LogP contribution >= 0.6 is 0 Å². The van der Waals surface area contributed by atoms with E-state index in [9.17, 15) is 10.1 Å². The van der Waals surface area contributed by atoms with Crippen LogP contribution in [0.4, 0.5) is 11.4 Å². The summed E-state index contributed by atoms with van der Waals surface area (Å²) in [5, 5.41) is 31.4. The molecule has 0 aliphatic heterocycles. The van der Waals surface area contributed by atoms with Crippen LogP contribution in [0.1, 0.15) is 25.3 Å². The third-order valence-electron chi connectivity index (χ3n) is 2.52. The molecule has 6 nitrogen and oxygen atoms in total. The second kappa shape index (κ2) is 6.57. The second-order valence-corrected chi connectivity index (χ2v) is 4.01. The third-order valence-corrected chi connectivity index (χ3v) is 2.52. The molecule has 18 heavy (non-hydrogen) atoms. The number of rotatable bonds is 6. The molecule has 0 aromatic heterocycles. The fourth-order valence-corrected chi connectivity index (χ4v) is 1.62. The van der Waals surface area contributed by atoms with Crippen LogP contribution in [0.15, 0.2) is 18.2 Å². The van der Waals surface area contributed by atoms with Crippen molar-refractivity contribution < 1.29 is 10.0 Å². The standard InChI is InChI=1S/C12H15N3O3/c1-9(3-2-6-16)14-11-7-10(8-13)4-5-12(11)15(17)18/h4-5,7,9,14,16H,2-3,6H2,1H3. The van der Waals surface area contributed by atoms with Gasteiger partial charge in [-0.25, -0.2) is 0 Å². The van der Waals surface area contributed by atoms with Gasteiger partial charge in [-0.15, -0.1) is 0 Å². The van der Waals surface area contributed by atoms with E-state index in [-0.39, 0.29) is 18.3 Å². The Morgan fingerprint density at radius 3 is 2.89 bits per heavy atom. The Morgan fingerprint density at radius 1 is 1.61 bits per heavy atom. The zero-order valence-electron chi connectivity index (χ0n) is 10.1. The summed E-state index contributed by atoms with van der Waals surface area (Å²) in [6, 6.07) is 6.14. The van der Waals surface area contributed by atoms with Crippen LogP contribution in [-0.2, 0) is 0 Å². The van der Waals surface area contributed by atoms with Crippen LogP contribution < -0.4 is 5.32 Å². The summed E-state index contributed by atoms with van der Waals surface area (Å²) < 4.78 is 0. The first-order valence-corrected chi connectivity index (χ1v) is 5.64. The van der Waals surface area contributed by atoms with Crippen LogP contribution in [0.2, 0.25) is 0 Å². The van der Waals surface area contributed by atoms with Gasteiger partial charge in [-0.1, -0.05) is 0 Å². The lowest BCUT2D eigenvalue weighted by Crippen LogP contribution is -2.16. The average molecular weight is 249 g/mol. The van der Waals surface area contributed by atoms with Crippen molar-refractivity contribution in [1.29, 1.82) is 5.26 Å². The van der Waals surface area contributed by atoms with Crippen molar-refractivity contribution in [3.05, 3.63) is 33.9 Å². The SMILES string of the molecule is CC(CCCO)Nc1cc(C#N)ccc1[N+](=O)[O-]. The van der Waals surface area contributed by atoms with E-state index in [1.165, 1.54) is 18.2 Å². The predicted octanol–water partition coefficient (Wildman–Crippen LogP) is 2.04. The van der Waals surface area contributed by atoms with Gasteiger partial charge in [0.15, 0.2) is 0 Å². The van der Waals surface area contributed by atoms with Gasteiger partial charge in [0.1, 0.15) is 5.69 Å². The fourth-order valence-electron chi connectivity index (χ4n) is 1.62. The summed E-state index contributed by atoms with van der Waals surface area (Å²) in [5.74, 6) is 0. The zero-order valence-corrected chi connectivity index (χ0v) is 10.1. The van der Waals surface area contributed by atoms with E-state index >= 15 is 0 Å². The highest BCUT2D eigenvalue weighted by atomic mass is 16.6. The molecule has 0 aliphatic rings. The minimum Gasteiger partial charge on any atom is -0.396 e. The number of benzene rings is 1. The van der Waals surface area contributed by atoms with Gasteiger partial charge in [0.2, 0.25) is 0 Å². The molecule has 0 aliphatic carbocycles. The highest BCUT2D eigenvalue weighted by molar-refractivity contribution is 5.64. The van der Waals surface area contributed by atoms with E-state index in [1.54, 1.807) is 0 Å². The van der Waals surface area contributed by atoms with Crippen molar-refractivity contribution in [3.63, 3.8) is 0 Å². The number of nitro benzene ring substituents is 1. The van der Waals surface area contributed by atoms with Crippen molar-refractivity contribution in [1.82, 2.24) is 0 Å².